The predicted molar refractivity (Wildman–Crippen MR) is 78.7 cm³/mol. The third-order valence-electron chi connectivity index (χ3n) is 2.52. The molecular weight excluding hydrogens is 347 g/mol. The molecule has 2 rings (SSSR count). The summed E-state index contributed by atoms with van der Waals surface area (Å²) in [7, 11) is 1.63. The zero-order valence-corrected chi connectivity index (χ0v) is 12.4. The van der Waals surface area contributed by atoms with Gasteiger partial charge in [-0.3, -0.25) is 0 Å². The Morgan fingerprint density at radius 3 is 2.65 bits per heavy atom. The van der Waals surface area contributed by atoms with Gasteiger partial charge in [0.1, 0.15) is 5.75 Å². The number of aliphatic hydroxyl groups is 1. The Labute approximate surface area is 118 Å². The zero-order valence-electron chi connectivity index (χ0n) is 9.39. The van der Waals surface area contributed by atoms with Crippen molar-refractivity contribution in [3.63, 3.8) is 0 Å². The van der Waals surface area contributed by atoms with Gasteiger partial charge < -0.3 is 9.84 Å². The first-order valence-corrected chi connectivity index (χ1v) is 7.20. The second-order valence-electron chi connectivity index (χ2n) is 3.70. The highest BCUT2D eigenvalue weighted by Gasteiger charge is 2.15. The first-order valence-electron chi connectivity index (χ1n) is 5.24. The summed E-state index contributed by atoms with van der Waals surface area (Å²) < 4.78 is 6.42. The number of benzene rings is 1. The molecule has 1 N–H and O–H groups in total. The van der Waals surface area contributed by atoms with E-state index < -0.39 is 6.10 Å². The lowest BCUT2D eigenvalue weighted by Crippen LogP contribution is -2.01. The highest BCUT2D eigenvalue weighted by molar-refractivity contribution is 14.1. The lowest BCUT2D eigenvalue weighted by Gasteiger charge is -2.11. The minimum Gasteiger partial charge on any atom is -0.495 e. The molecule has 0 spiro atoms. The van der Waals surface area contributed by atoms with Crippen molar-refractivity contribution in [1.29, 1.82) is 0 Å². The molecule has 0 bridgehead atoms. The summed E-state index contributed by atoms with van der Waals surface area (Å²) in [6.07, 6.45) is 0.123. The van der Waals surface area contributed by atoms with Gasteiger partial charge in [-0.15, -0.1) is 11.3 Å². The van der Waals surface area contributed by atoms with Crippen LogP contribution < -0.4 is 4.74 Å². The molecule has 17 heavy (non-hydrogen) atoms. The monoisotopic (exact) mass is 360 g/mol. The molecule has 0 aliphatic heterocycles. The Hall–Kier alpha value is -0.590. The third kappa shape index (κ3) is 3.20. The maximum atomic E-state index is 10.2. The van der Waals surface area contributed by atoms with E-state index in [9.17, 15) is 5.11 Å². The molecule has 0 radical (unpaired) electrons. The average molecular weight is 360 g/mol. The predicted octanol–water partition coefficient (Wildman–Crippen LogP) is 3.64. The largest absolute Gasteiger partial charge is 0.495 e. The molecule has 1 heterocycles. The van der Waals surface area contributed by atoms with E-state index in [-0.39, 0.29) is 0 Å². The molecule has 2 aromatic rings. The lowest BCUT2D eigenvalue weighted by molar-refractivity contribution is 0.178. The normalized spacial score (nSPS) is 12.4. The van der Waals surface area contributed by atoms with Crippen molar-refractivity contribution in [1.82, 2.24) is 0 Å². The average Bonchev–Trinajstić information content (AvgIpc) is 2.80. The van der Waals surface area contributed by atoms with E-state index in [1.165, 1.54) is 14.9 Å². The number of ether oxygens (including phenoxy) is 1. The van der Waals surface area contributed by atoms with Crippen molar-refractivity contribution in [3.8, 4) is 5.75 Å². The van der Waals surface area contributed by atoms with Gasteiger partial charge in [0.25, 0.3) is 0 Å². The van der Waals surface area contributed by atoms with E-state index in [0.29, 0.717) is 6.42 Å². The molecule has 1 atom stereocenters. The number of methoxy groups -OCH3 is 1. The molecule has 1 unspecified atom stereocenters. The molecule has 90 valence electrons. The van der Waals surface area contributed by atoms with E-state index in [0.717, 1.165) is 16.2 Å². The van der Waals surface area contributed by atoms with Crippen molar-refractivity contribution < 1.29 is 9.84 Å². The summed E-state index contributed by atoms with van der Waals surface area (Å²) in [5.74, 6) is 0.771. The Bertz CT molecular complexity index is 478. The van der Waals surface area contributed by atoms with Gasteiger partial charge in [0.15, 0.2) is 0 Å². The van der Waals surface area contributed by atoms with Crippen LogP contribution >= 0.6 is 33.9 Å². The standard InChI is InChI=1S/C13H13IO2S/c1-16-12-6-7-17-13(12)11(15)8-9-2-4-10(14)5-3-9/h2-7,11,15H,8H2,1H3. The van der Waals surface area contributed by atoms with Crippen LogP contribution in [-0.4, -0.2) is 12.2 Å². The van der Waals surface area contributed by atoms with Gasteiger partial charge in [-0.1, -0.05) is 12.1 Å². The molecular formula is C13H13IO2S. The smallest absolute Gasteiger partial charge is 0.135 e. The lowest BCUT2D eigenvalue weighted by atomic mass is 10.1. The highest BCUT2D eigenvalue weighted by Crippen LogP contribution is 2.32. The quantitative estimate of drug-likeness (QED) is 0.844. The Balaban J connectivity index is 2.11. The number of thiophene rings is 1. The van der Waals surface area contributed by atoms with E-state index in [1.54, 1.807) is 7.11 Å². The van der Waals surface area contributed by atoms with Crippen LogP contribution in [0.5, 0.6) is 5.75 Å². The first kappa shape index (κ1) is 12.9. The summed E-state index contributed by atoms with van der Waals surface area (Å²) in [4.78, 5) is 0.894. The van der Waals surface area contributed by atoms with Crippen molar-refractivity contribution >= 4 is 33.9 Å². The van der Waals surface area contributed by atoms with Crippen LogP contribution in [-0.2, 0) is 6.42 Å². The minimum absolute atomic E-state index is 0.495. The molecule has 1 aromatic carbocycles. The van der Waals surface area contributed by atoms with Gasteiger partial charge in [0.05, 0.1) is 18.1 Å². The Morgan fingerprint density at radius 2 is 2.00 bits per heavy atom. The zero-order chi connectivity index (χ0) is 12.3. The number of hydrogen-bond acceptors (Lipinski definition) is 3. The van der Waals surface area contributed by atoms with Gasteiger partial charge in [0, 0.05) is 9.99 Å². The molecule has 0 saturated heterocycles. The van der Waals surface area contributed by atoms with Gasteiger partial charge in [-0.25, -0.2) is 0 Å². The molecule has 0 aliphatic rings. The number of hydrogen-bond donors (Lipinski definition) is 1. The summed E-state index contributed by atoms with van der Waals surface area (Å²) >= 11 is 3.80. The Kier molecular flexibility index (Phi) is 4.42. The third-order valence-corrected chi connectivity index (χ3v) is 4.24. The summed E-state index contributed by atoms with van der Waals surface area (Å²) in [5.41, 5.74) is 1.13. The van der Waals surface area contributed by atoms with Gasteiger partial charge in [-0.05, 0) is 51.7 Å². The molecule has 0 amide bonds. The summed E-state index contributed by atoms with van der Waals surface area (Å²) in [6.45, 7) is 0. The number of halogens is 1. The summed E-state index contributed by atoms with van der Waals surface area (Å²) in [6, 6.07) is 10.1. The molecule has 0 fully saturated rings. The second-order valence-corrected chi connectivity index (χ2v) is 5.89. The van der Waals surface area contributed by atoms with Crippen LogP contribution in [0.4, 0.5) is 0 Å². The van der Waals surface area contributed by atoms with Crippen LogP contribution in [0.2, 0.25) is 0 Å². The van der Waals surface area contributed by atoms with E-state index >= 15 is 0 Å². The molecule has 2 nitrogen and oxygen atoms in total. The van der Waals surface area contributed by atoms with Gasteiger partial charge >= 0.3 is 0 Å². The Morgan fingerprint density at radius 1 is 1.29 bits per heavy atom. The second kappa shape index (κ2) is 5.84. The van der Waals surface area contributed by atoms with Crippen LogP contribution in [0.1, 0.15) is 16.5 Å². The topological polar surface area (TPSA) is 29.5 Å². The van der Waals surface area contributed by atoms with E-state index in [2.05, 4.69) is 22.6 Å². The fourth-order valence-corrected chi connectivity index (χ4v) is 2.86. The molecule has 0 aliphatic carbocycles. The van der Waals surface area contributed by atoms with E-state index in [1.807, 2.05) is 35.7 Å². The molecule has 1 aromatic heterocycles. The van der Waals surface area contributed by atoms with Gasteiger partial charge in [0.2, 0.25) is 0 Å². The van der Waals surface area contributed by atoms with Crippen molar-refractivity contribution in [2.45, 2.75) is 12.5 Å². The maximum absolute atomic E-state index is 10.2. The van der Waals surface area contributed by atoms with Crippen molar-refractivity contribution in [2.75, 3.05) is 7.11 Å². The van der Waals surface area contributed by atoms with Crippen molar-refractivity contribution in [3.05, 3.63) is 49.7 Å². The van der Waals surface area contributed by atoms with Crippen LogP contribution in [0.15, 0.2) is 35.7 Å². The van der Waals surface area contributed by atoms with Crippen LogP contribution in [0.3, 0.4) is 0 Å². The SMILES string of the molecule is COc1ccsc1C(O)Cc1ccc(I)cc1. The van der Waals surface area contributed by atoms with Crippen LogP contribution in [0.25, 0.3) is 0 Å². The summed E-state index contributed by atoms with van der Waals surface area (Å²) in [5, 5.41) is 12.1. The first-order chi connectivity index (χ1) is 8.20. The molecule has 4 heteroatoms. The highest BCUT2D eigenvalue weighted by atomic mass is 127. The van der Waals surface area contributed by atoms with E-state index in [4.69, 9.17) is 4.74 Å². The molecule has 0 saturated carbocycles. The fraction of sp³-hybridized carbons (Fsp3) is 0.231. The number of rotatable bonds is 4. The number of aliphatic hydroxyl groups excluding tert-OH is 1. The van der Waals surface area contributed by atoms with Crippen molar-refractivity contribution in [2.24, 2.45) is 0 Å². The minimum atomic E-state index is -0.495. The van der Waals surface area contributed by atoms with Crippen LogP contribution in [0, 0.1) is 3.57 Å². The fourth-order valence-electron chi connectivity index (χ4n) is 1.66. The van der Waals surface area contributed by atoms with Gasteiger partial charge in [-0.2, -0.15) is 0 Å². The maximum Gasteiger partial charge on any atom is 0.135 e.